The molecule has 0 saturated heterocycles. The van der Waals surface area contributed by atoms with Gasteiger partial charge in [-0.05, 0) is 36.8 Å². The summed E-state index contributed by atoms with van der Waals surface area (Å²) in [5.74, 6) is 1.40. The lowest BCUT2D eigenvalue weighted by Crippen LogP contribution is -2.04. The van der Waals surface area contributed by atoms with E-state index >= 15 is 0 Å². The van der Waals surface area contributed by atoms with Gasteiger partial charge in [0.1, 0.15) is 5.82 Å². The van der Waals surface area contributed by atoms with Crippen molar-refractivity contribution in [2.75, 3.05) is 5.73 Å². The van der Waals surface area contributed by atoms with Gasteiger partial charge in [-0.25, -0.2) is 4.98 Å². The van der Waals surface area contributed by atoms with Gasteiger partial charge in [-0.1, -0.05) is 31.7 Å². The SMILES string of the molecule is Cc1cnc(N)c(C2CCCCCC2)c1. The summed E-state index contributed by atoms with van der Waals surface area (Å²) >= 11 is 0. The second-order valence-corrected chi connectivity index (χ2v) is 4.68. The zero-order valence-corrected chi connectivity index (χ0v) is 9.50. The standard InChI is InChI=1S/C13H20N2/c1-10-8-12(13(14)15-9-10)11-6-4-2-3-5-7-11/h8-9,11H,2-7H2,1H3,(H2,14,15). The molecule has 0 radical (unpaired) electrons. The van der Waals surface area contributed by atoms with Crippen molar-refractivity contribution in [1.82, 2.24) is 4.98 Å². The molecule has 2 heteroatoms. The molecule has 1 aliphatic carbocycles. The highest BCUT2D eigenvalue weighted by Gasteiger charge is 2.17. The molecule has 2 N–H and O–H groups in total. The minimum atomic E-state index is 0.653. The number of hydrogen-bond acceptors (Lipinski definition) is 2. The van der Waals surface area contributed by atoms with Crippen molar-refractivity contribution in [2.24, 2.45) is 0 Å². The molecule has 0 atom stereocenters. The molecule has 0 spiro atoms. The molecule has 1 aliphatic rings. The number of nitrogen functional groups attached to an aromatic ring is 1. The van der Waals surface area contributed by atoms with Gasteiger partial charge in [0, 0.05) is 6.20 Å². The molecule has 0 bridgehead atoms. The van der Waals surface area contributed by atoms with E-state index < -0.39 is 0 Å². The Morgan fingerprint density at radius 1 is 1.20 bits per heavy atom. The number of hydrogen-bond donors (Lipinski definition) is 1. The molecule has 2 nitrogen and oxygen atoms in total. The Morgan fingerprint density at radius 2 is 1.87 bits per heavy atom. The highest BCUT2D eigenvalue weighted by molar-refractivity contribution is 5.43. The van der Waals surface area contributed by atoms with E-state index in [1.165, 1.54) is 49.7 Å². The Kier molecular flexibility index (Phi) is 3.24. The first kappa shape index (κ1) is 10.5. The number of aromatic nitrogens is 1. The van der Waals surface area contributed by atoms with Crippen molar-refractivity contribution in [3.8, 4) is 0 Å². The summed E-state index contributed by atoms with van der Waals surface area (Å²) in [5, 5.41) is 0. The lowest BCUT2D eigenvalue weighted by Gasteiger charge is -2.16. The molecule has 0 aromatic carbocycles. The van der Waals surface area contributed by atoms with Crippen LogP contribution in [0.15, 0.2) is 12.3 Å². The maximum atomic E-state index is 5.96. The highest BCUT2D eigenvalue weighted by atomic mass is 14.8. The first-order chi connectivity index (χ1) is 7.27. The van der Waals surface area contributed by atoms with E-state index in [0.29, 0.717) is 5.92 Å². The average Bonchev–Trinajstić information content (AvgIpc) is 2.50. The van der Waals surface area contributed by atoms with E-state index in [4.69, 9.17) is 5.73 Å². The second-order valence-electron chi connectivity index (χ2n) is 4.68. The smallest absolute Gasteiger partial charge is 0.126 e. The maximum absolute atomic E-state index is 5.96. The molecule has 1 fully saturated rings. The molecule has 1 heterocycles. The summed E-state index contributed by atoms with van der Waals surface area (Å²) < 4.78 is 0. The van der Waals surface area contributed by atoms with Crippen molar-refractivity contribution in [3.05, 3.63) is 23.4 Å². The summed E-state index contributed by atoms with van der Waals surface area (Å²) in [4.78, 5) is 4.26. The lowest BCUT2D eigenvalue weighted by atomic mass is 9.91. The summed E-state index contributed by atoms with van der Waals surface area (Å²) in [7, 11) is 0. The summed E-state index contributed by atoms with van der Waals surface area (Å²) in [5.41, 5.74) is 8.47. The van der Waals surface area contributed by atoms with Gasteiger partial charge in [-0.3, -0.25) is 0 Å². The van der Waals surface area contributed by atoms with Crippen LogP contribution in [0.25, 0.3) is 0 Å². The number of pyridine rings is 1. The first-order valence-corrected chi connectivity index (χ1v) is 5.99. The molecule has 82 valence electrons. The number of nitrogens with two attached hydrogens (primary N) is 1. The topological polar surface area (TPSA) is 38.9 Å². The summed E-state index contributed by atoms with van der Waals surface area (Å²) in [6.45, 7) is 2.09. The molecule has 1 saturated carbocycles. The van der Waals surface area contributed by atoms with Gasteiger partial charge in [0.2, 0.25) is 0 Å². The van der Waals surface area contributed by atoms with Crippen LogP contribution in [0, 0.1) is 6.92 Å². The number of rotatable bonds is 1. The minimum Gasteiger partial charge on any atom is -0.383 e. The number of anilines is 1. The molecule has 2 rings (SSSR count). The van der Waals surface area contributed by atoms with Crippen LogP contribution in [0.5, 0.6) is 0 Å². The quantitative estimate of drug-likeness (QED) is 0.712. The van der Waals surface area contributed by atoms with E-state index in [0.717, 1.165) is 5.82 Å². The third-order valence-electron chi connectivity index (χ3n) is 3.38. The predicted molar refractivity (Wildman–Crippen MR) is 63.8 cm³/mol. The van der Waals surface area contributed by atoms with Gasteiger partial charge >= 0.3 is 0 Å². The summed E-state index contributed by atoms with van der Waals surface area (Å²) in [6.07, 6.45) is 9.89. The van der Waals surface area contributed by atoms with Crippen LogP contribution in [-0.2, 0) is 0 Å². The third kappa shape index (κ3) is 2.49. The van der Waals surface area contributed by atoms with Crippen LogP contribution >= 0.6 is 0 Å². The van der Waals surface area contributed by atoms with Crippen LogP contribution in [0.2, 0.25) is 0 Å². The van der Waals surface area contributed by atoms with Crippen molar-refractivity contribution >= 4 is 5.82 Å². The van der Waals surface area contributed by atoms with E-state index in [1.807, 2.05) is 6.20 Å². The van der Waals surface area contributed by atoms with Crippen LogP contribution < -0.4 is 5.73 Å². The molecule has 0 amide bonds. The molecule has 0 aliphatic heterocycles. The Balaban J connectivity index is 2.22. The fraction of sp³-hybridized carbons (Fsp3) is 0.615. The van der Waals surface area contributed by atoms with Gasteiger partial charge in [0.05, 0.1) is 0 Å². The van der Waals surface area contributed by atoms with Crippen molar-refractivity contribution < 1.29 is 0 Å². The number of aryl methyl sites for hydroxylation is 1. The second kappa shape index (κ2) is 4.65. The molecule has 1 aromatic rings. The van der Waals surface area contributed by atoms with Crippen LogP contribution in [0.4, 0.5) is 5.82 Å². The van der Waals surface area contributed by atoms with Crippen LogP contribution in [0.3, 0.4) is 0 Å². The van der Waals surface area contributed by atoms with E-state index in [2.05, 4.69) is 18.0 Å². The molecular formula is C13H20N2. The van der Waals surface area contributed by atoms with Crippen molar-refractivity contribution in [1.29, 1.82) is 0 Å². The Bertz CT molecular complexity index is 325. The van der Waals surface area contributed by atoms with Gasteiger partial charge < -0.3 is 5.73 Å². The molecule has 1 aromatic heterocycles. The fourth-order valence-corrected chi connectivity index (χ4v) is 2.52. The highest BCUT2D eigenvalue weighted by Crippen LogP contribution is 2.33. The Morgan fingerprint density at radius 3 is 2.53 bits per heavy atom. The van der Waals surface area contributed by atoms with Crippen molar-refractivity contribution in [2.45, 2.75) is 51.4 Å². The Hall–Kier alpha value is -1.05. The number of nitrogens with zero attached hydrogens (tertiary/aromatic N) is 1. The monoisotopic (exact) mass is 204 g/mol. The van der Waals surface area contributed by atoms with Crippen LogP contribution in [-0.4, -0.2) is 4.98 Å². The van der Waals surface area contributed by atoms with Gasteiger partial charge in [0.15, 0.2) is 0 Å². The predicted octanol–water partition coefficient (Wildman–Crippen LogP) is 3.41. The first-order valence-electron chi connectivity index (χ1n) is 5.99. The molecular weight excluding hydrogens is 184 g/mol. The zero-order valence-electron chi connectivity index (χ0n) is 9.50. The Labute approximate surface area is 91.9 Å². The summed E-state index contributed by atoms with van der Waals surface area (Å²) in [6, 6.07) is 2.22. The third-order valence-corrected chi connectivity index (χ3v) is 3.38. The van der Waals surface area contributed by atoms with Gasteiger partial charge in [-0.2, -0.15) is 0 Å². The van der Waals surface area contributed by atoms with Gasteiger partial charge in [0.25, 0.3) is 0 Å². The zero-order chi connectivity index (χ0) is 10.7. The molecule has 0 unspecified atom stereocenters. The maximum Gasteiger partial charge on any atom is 0.126 e. The van der Waals surface area contributed by atoms with E-state index in [-0.39, 0.29) is 0 Å². The molecule has 15 heavy (non-hydrogen) atoms. The van der Waals surface area contributed by atoms with Crippen LogP contribution in [0.1, 0.15) is 55.6 Å². The van der Waals surface area contributed by atoms with Crippen molar-refractivity contribution in [3.63, 3.8) is 0 Å². The van der Waals surface area contributed by atoms with E-state index in [9.17, 15) is 0 Å². The largest absolute Gasteiger partial charge is 0.383 e. The fourth-order valence-electron chi connectivity index (χ4n) is 2.52. The average molecular weight is 204 g/mol. The van der Waals surface area contributed by atoms with E-state index in [1.54, 1.807) is 0 Å². The lowest BCUT2D eigenvalue weighted by molar-refractivity contribution is 0.592. The minimum absolute atomic E-state index is 0.653. The normalized spacial score (nSPS) is 18.7. The van der Waals surface area contributed by atoms with Gasteiger partial charge in [-0.15, -0.1) is 0 Å².